The van der Waals surface area contributed by atoms with E-state index in [-0.39, 0.29) is 12.4 Å². The van der Waals surface area contributed by atoms with Crippen molar-refractivity contribution in [3.63, 3.8) is 0 Å². The van der Waals surface area contributed by atoms with Crippen molar-refractivity contribution in [2.45, 2.75) is 12.6 Å². The van der Waals surface area contributed by atoms with E-state index in [1.54, 1.807) is 10.9 Å². The van der Waals surface area contributed by atoms with Gasteiger partial charge in [-0.15, -0.1) is 0 Å². The molecule has 2 aromatic rings. The molecule has 20 heavy (non-hydrogen) atoms. The Bertz CT molecular complexity index is 638. The highest BCUT2D eigenvalue weighted by Gasteiger charge is 2.20. The van der Waals surface area contributed by atoms with Gasteiger partial charge in [0.1, 0.15) is 11.8 Å². The summed E-state index contributed by atoms with van der Waals surface area (Å²) < 4.78 is 1.71. The number of aromatic nitrogens is 4. The minimum Gasteiger partial charge on any atom is -0.382 e. The lowest BCUT2D eigenvalue weighted by Gasteiger charge is -2.11. The average Bonchev–Trinajstić information content (AvgIpc) is 2.78. The predicted octanol–water partition coefficient (Wildman–Crippen LogP) is -2.66. The molecule has 0 aromatic carbocycles. The molecule has 106 valence electrons. The Hall–Kier alpha value is -2.75. The molecular formula is C10H14N8O2. The van der Waals surface area contributed by atoms with Crippen molar-refractivity contribution in [2.75, 3.05) is 12.3 Å². The van der Waals surface area contributed by atoms with Gasteiger partial charge in [0.2, 0.25) is 11.8 Å². The van der Waals surface area contributed by atoms with Crippen LogP contribution in [0.2, 0.25) is 0 Å². The number of rotatable bonds is 6. The van der Waals surface area contributed by atoms with Crippen molar-refractivity contribution in [1.82, 2.24) is 24.8 Å². The summed E-state index contributed by atoms with van der Waals surface area (Å²) in [6.45, 7) is 0.690. The molecule has 2 rings (SSSR count). The normalized spacial score (nSPS) is 11.1. The molecule has 0 atom stereocenters. The molecule has 2 heterocycles. The van der Waals surface area contributed by atoms with Crippen LogP contribution < -0.4 is 22.5 Å². The highest BCUT2D eigenvalue weighted by atomic mass is 16.2. The molecule has 0 spiro atoms. The highest BCUT2D eigenvalue weighted by Crippen LogP contribution is 2.13. The molecule has 0 radical (unpaired) electrons. The molecule has 10 heteroatoms. The van der Waals surface area contributed by atoms with Crippen LogP contribution in [-0.4, -0.2) is 43.9 Å². The van der Waals surface area contributed by atoms with Gasteiger partial charge in [-0.3, -0.25) is 14.9 Å². The van der Waals surface area contributed by atoms with E-state index in [0.717, 1.165) is 0 Å². The first kappa shape index (κ1) is 13.7. The average molecular weight is 278 g/mol. The smallest absolute Gasteiger partial charge is 0.244 e. The maximum atomic E-state index is 11.0. The summed E-state index contributed by atoms with van der Waals surface area (Å²) in [6.07, 6.45) is 2.87. The summed E-state index contributed by atoms with van der Waals surface area (Å²) in [4.78, 5) is 34.0. The first-order valence-electron chi connectivity index (χ1n) is 5.74. The second-order valence-corrected chi connectivity index (χ2v) is 4.06. The Morgan fingerprint density at radius 1 is 1.25 bits per heavy atom. The zero-order valence-electron chi connectivity index (χ0n) is 10.5. The van der Waals surface area contributed by atoms with E-state index < -0.39 is 17.9 Å². The first-order valence-corrected chi connectivity index (χ1v) is 5.74. The molecule has 0 unspecified atom stereocenters. The fourth-order valence-corrected chi connectivity index (χ4v) is 1.73. The Labute approximate surface area is 113 Å². The molecule has 10 nitrogen and oxygen atoms in total. The molecule has 0 saturated heterocycles. The molecular weight excluding hydrogens is 264 g/mol. The Morgan fingerprint density at radius 3 is 2.60 bits per heavy atom. The lowest BCUT2D eigenvalue weighted by Crippen LogP contribution is -2.51. The van der Waals surface area contributed by atoms with Crippen molar-refractivity contribution in [1.29, 1.82) is 0 Å². The Morgan fingerprint density at radius 2 is 1.95 bits per heavy atom. The van der Waals surface area contributed by atoms with Gasteiger partial charge in [0.05, 0.1) is 6.33 Å². The SMILES string of the molecule is NC(=O)C(NCCn1cnc2c(N)ncnc21)C(N)=O. The molecule has 7 N–H and O–H groups in total. The number of fused-ring (bicyclic) bond motifs is 1. The monoisotopic (exact) mass is 278 g/mol. The van der Waals surface area contributed by atoms with Gasteiger partial charge in [-0.1, -0.05) is 0 Å². The number of nitrogens with zero attached hydrogens (tertiary/aromatic N) is 4. The van der Waals surface area contributed by atoms with E-state index in [4.69, 9.17) is 17.2 Å². The minimum absolute atomic E-state index is 0.284. The zero-order valence-corrected chi connectivity index (χ0v) is 10.5. The topological polar surface area (TPSA) is 168 Å². The standard InChI is InChI=1S/C10H14N8O2/c11-7-5-10(16-3-15-7)18(4-17-5)2-1-14-6(8(12)19)9(13)20/h3-4,6,14H,1-2H2,(H2,12,19)(H2,13,20)(H2,11,15,16). The Kier molecular flexibility index (Phi) is 3.75. The summed E-state index contributed by atoms with van der Waals surface area (Å²) in [7, 11) is 0. The lowest BCUT2D eigenvalue weighted by molar-refractivity contribution is -0.128. The second kappa shape index (κ2) is 5.48. The van der Waals surface area contributed by atoms with E-state index >= 15 is 0 Å². The molecule has 0 aliphatic rings. The third-order valence-corrected chi connectivity index (χ3v) is 2.70. The third kappa shape index (κ3) is 2.64. The number of anilines is 1. The van der Waals surface area contributed by atoms with Crippen molar-refractivity contribution in [3.8, 4) is 0 Å². The van der Waals surface area contributed by atoms with Gasteiger partial charge in [0.15, 0.2) is 17.5 Å². The zero-order chi connectivity index (χ0) is 14.7. The number of carbonyl (C=O) groups excluding carboxylic acids is 2. The fourth-order valence-electron chi connectivity index (χ4n) is 1.73. The predicted molar refractivity (Wildman–Crippen MR) is 69.9 cm³/mol. The summed E-state index contributed by atoms with van der Waals surface area (Å²) in [5.74, 6) is -1.35. The van der Waals surface area contributed by atoms with Gasteiger partial charge in [-0.25, -0.2) is 15.0 Å². The number of hydrogen-bond acceptors (Lipinski definition) is 7. The number of hydrogen-bond donors (Lipinski definition) is 4. The molecule has 0 bridgehead atoms. The van der Waals surface area contributed by atoms with Crippen LogP contribution in [0.4, 0.5) is 5.82 Å². The maximum absolute atomic E-state index is 11.0. The van der Waals surface area contributed by atoms with Crippen LogP contribution in [0.1, 0.15) is 0 Å². The van der Waals surface area contributed by atoms with Gasteiger partial charge in [-0.2, -0.15) is 0 Å². The van der Waals surface area contributed by atoms with Crippen LogP contribution in [0, 0.1) is 0 Å². The van der Waals surface area contributed by atoms with Crippen LogP contribution in [-0.2, 0) is 16.1 Å². The van der Waals surface area contributed by atoms with Gasteiger partial charge < -0.3 is 21.8 Å². The maximum Gasteiger partial charge on any atom is 0.244 e. The van der Waals surface area contributed by atoms with Crippen LogP contribution in [0.25, 0.3) is 11.2 Å². The second-order valence-electron chi connectivity index (χ2n) is 4.06. The molecule has 0 aliphatic heterocycles. The largest absolute Gasteiger partial charge is 0.382 e. The number of imidazole rings is 1. The van der Waals surface area contributed by atoms with E-state index in [2.05, 4.69) is 20.3 Å². The Balaban J connectivity index is 2.05. The van der Waals surface area contributed by atoms with Gasteiger partial charge in [-0.05, 0) is 0 Å². The van der Waals surface area contributed by atoms with Crippen molar-refractivity contribution < 1.29 is 9.59 Å². The number of amides is 2. The highest BCUT2D eigenvalue weighted by molar-refractivity contribution is 6.02. The van der Waals surface area contributed by atoms with Crippen LogP contribution in [0.15, 0.2) is 12.7 Å². The van der Waals surface area contributed by atoms with Gasteiger partial charge in [0.25, 0.3) is 0 Å². The molecule has 2 amide bonds. The van der Waals surface area contributed by atoms with E-state index in [1.165, 1.54) is 6.33 Å². The molecule has 0 fully saturated rings. The van der Waals surface area contributed by atoms with Crippen molar-refractivity contribution in [3.05, 3.63) is 12.7 Å². The summed E-state index contributed by atoms with van der Waals surface area (Å²) >= 11 is 0. The number of carbonyl (C=O) groups is 2. The van der Waals surface area contributed by atoms with E-state index in [0.29, 0.717) is 17.7 Å². The minimum atomic E-state index is -1.20. The van der Waals surface area contributed by atoms with Crippen LogP contribution in [0.5, 0.6) is 0 Å². The first-order chi connectivity index (χ1) is 9.50. The van der Waals surface area contributed by atoms with E-state index in [1.807, 2.05) is 0 Å². The third-order valence-electron chi connectivity index (χ3n) is 2.70. The number of primary amides is 2. The van der Waals surface area contributed by atoms with E-state index in [9.17, 15) is 9.59 Å². The van der Waals surface area contributed by atoms with Crippen LogP contribution in [0.3, 0.4) is 0 Å². The van der Waals surface area contributed by atoms with Crippen LogP contribution >= 0.6 is 0 Å². The van der Waals surface area contributed by atoms with Gasteiger partial charge in [0, 0.05) is 13.1 Å². The number of nitrogen functional groups attached to an aromatic ring is 1. The fraction of sp³-hybridized carbons (Fsp3) is 0.300. The molecule has 2 aromatic heterocycles. The quantitative estimate of drug-likeness (QED) is 0.418. The van der Waals surface area contributed by atoms with Crippen molar-refractivity contribution in [2.24, 2.45) is 11.5 Å². The van der Waals surface area contributed by atoms with Crippen molar-refractivity contribution >= 4 is 28.8 Å². The number of nitrogens with one attached hydrogen (secondary N) is 1. The summed E-state index contributed by atoms with van der Waals surface area (Å²) in [6, 6.07) is -1.20. The lowest BCUT2D eigenvalue weighted by atomic mass is 10.2. The van der Waals surface area contributed by atoms with Gasteiger partial charge >= 0.3 is 0 Å². The summed E-state index contributed by atoms with van der Waals surface area (Å²) in [5.41, 5.74) is 16.8. The summed E-state index contributed by atoms with van der Waals surface area (Å²) in [5, 5.41) is 2.66. The molecule has 0 aliphatic carbocycles. The number of nitrogens with two attached hydrogens (primary N) is 3. The molecule has 0 saturated carbocycles.